The molecule has 0 saturated carbocycles. The monoisotopic (exact) mass is 328 g/mol. The number of rotatable bonds is 3. The normalized spacial score (nSPS) is 12.7. The predicted molar refractivity (Wildman–Crippen MR) is 74.7 cm³/mol. The molecule has 0 aliphatic heterocycles. The zero-order chi connectivity index (χ0) is 14.6. The highest BCUT2D eigenvalue weighted by Crippen LogP contribution is 2.10. The number of ether oxygens (including phenoxy) is 1. The van der Waals surface area contributed by atoms with Crippen molar-refractivity contribution in [1.29, 1.82) is 0 Å². The summed E-state index contributed by atoms with van der Waals surface area (Å²) in [7, 11) is 0. The first-order valence-corrected chi connectivity index (χ1v) is 6.63. The van der Waals surface area contributed by atoms with E-state index in [0.29, 0.717) is 10.2 Å². The Morgan fingerprint density at radius 1 is 1.42 bits per heavy atom. The van der Waals surface area contributed by atoms with Gasteiger partial charge in [-0.3, -0.25) is 4.79 Å². The number of pyridine rings is 1. The van der Waals surface area contributed by atoms with E-state index in [1.54, 1.807) is 39.8 Å². The second kappa shape index (κ2) is 6.14. The summed E-state index contributed by atoms with van der Waals surface area (Å²) in [5.74, 6) is -0.810. The molecular weight excluding hydrogens is 312 g/mol. The second-order valence-electron chi connectivity index (χ2n) is 5.10. The van der Waals surface area contributed by atoms with E-state index >= 15 is 0 Å². The van der Waals surface area contributed by atoms with Crippen LogP contribution in [0.2, 0.25) is 0 Å². The SMILES string of the molecule is C[C@H](NC(=O)c1ccnc(Br)c1)C(=O)OC(C)(C)C. The van der Waals surface area contributed by atoms with Gasteiger partial charge in [0.05, 0.1) is 0 Å². The first-order chi connectivity index (χ1) is 8.69. The van der Waals surface area contributed by atoms with Gasteiger partial charge in [0, 0.05) is 11.8 Å². The Kier molecular flexibility index (Phi) is 5.05. The van der Waals surface area contributed by atoms with Crippen LogP contribution in [0.5, 0.6) is 0 Å². The molecule has 19 heavy (non-hydrogen) atoms. The van der Waals surface area contributed by atoms with Gasteiger partial charge < -0.3 is 10.1 Å². The molecule has 0 aliphatic carbocycles. The highest BCUT2D eigenvalue weighted by atomic mass is 79.9. The van der Waals surface area contributed by atoms with E-state index in [2.05, 4.69) is 26.2 Å². The van der Waals surface area contributed by atoms with Gasteiger partial charge in [0.15, 0.2) is 0 Å². The van der Waals surface area contributed by atoms with Crippen molar-refractivity contribution in [2.75, 3.05) is 0 Å². The maximum Gasteiger partial charge on any atom is 0.328 e. The number of carbonyl (C=O) groups is 2. The molecule has 1 aromatic heterocycles. The van der Waals surface area contributed by atoms with Crippen LogP contribution < -0.4 is 5.32 Å². The molecule has 0 saturated heterocycles. The van der Waals surface area contributed by atoms with Crippen LogP contribution in [0.3, 0.4) is 0 Å². The summed E-state index contributed by atoms with van der Waals surface area (Å²) in [6.45, 7) is 6.92. The van der Waals surface area contributed by atoms with Gasteiger partial charge in [-0.15, -0.1) is 0 Å². The van der Waals surface area contributed by atoms with E-state index in [-0.39, 0.29) is 5.91 Å². The summed E-state index contributed by atoms with van der Waals surface area (Å²) in [6, 6.07) is 2.44. The van der Waals surface area contributed by atoms with Crippen LogP contribution in [-0.2, 0) is 9.53 Å². The third-order valence-electron chi connectivity index (χ3n) is 2.10. The first kappa shape index (κ1) is 15.6. The molecule has 0 bridgehead atoms. The molecule has 1 N–H and O–H groups in total. The quantitative estimate of drug-likeness (QED) is 0.682. The number of amides is 1. The minimum Gasteiger partial charge on any atom is -0.458 e. The molecule has 1 heterocycles. The van der Waals surface area contributed by atoms with Crippen LogP contribution in [-0.4, -0.2) is 28.5 Å². The van der Waals surface area contributed by atoms with Crippen molar-refractivity contribution in [2.45, 2.75) is 39.3 Å². The van der Waals surface area contributed by atoms with Gasteiger partial charge in [-0.1, -0.05) is 0 Å². The number of nitrogens with zero attached hydrogens (tertiary/aromatic N) is 1. The number of hydrogen-bond donors (Lipinski definition) is 1. The predicted octanol–water partition coefficient (Wildman–Crippen LogP) is 2.30. The largest absolute Gasteiger partial charge is 0.458 e. The van der Waals surface area contributed by atoms with Crippen LogP contribution >= 0.6 is 15.9 Å². The van der Waals surface area contributed by atoms with E-state index in [1.807, 2.05) is 0 Å². The lowest BCUT2D eigenvalue weighted by atomic mass is 10.2. The standard InChI is InChI=1S/C13H17BrN2O3/c1-8(12(18)19-13(2,3)4)16-11(17)9-5-6-15-10(14)7-9/h5-8H,1-4H3,(H,16,17)/t8-/m0/s1. The number of aromatic nitrogens is 1. The van der Waals surface area contributed by atoms with Crippen LogP contribution in [0.4, 0.5) is 0 Å². The molecule has 104 valence electrons. The maximum absolute atomic E-state index is 11.9. The van der Waals surface area contributed by atoms with Gasteiger partial charge >= 0.3 is 5.97 Å². The van der Waals surface area contributed by atoms with Crippen molar-refractivity contribution in [1.82, 2.24) is 10.3 Å². The number of halogens is 1. The Labute approximate surface area is 120 Å². The van der Waals surface area contributed by atoms with E-state index < -0.39 is 17.6 Å². The average molecular weight is 329 g/mol. The van der Waals surface area contributed by atoms with E-state index in [4.69, 9.17) is 4.74 Å². The fourth-order valence-corrected chi connectivity index (χ4v) is 1.64. The second-order valence-corrected chi connectivity index (χ2v) is 5.91. The zero-order valence-corrected chi connectivity index (χ0v) is 12.9. The van der Waals surface area contributed by atoms with Gasteiger partial charge in [-0.05, 0) is 55.8 Å². The minimum atomic E-state index is -0.710. The van der Waals surface area contributed by atoms with Crippen LogP contribution in [0, 0.1) is 0 Å². The fourth-order valence-electron chi connectivity index (χ4n) is 1.27. The number of hydrogen-bond acceptors (Lipinski definition) is 4. The summed E-state index contributed by atoms with van der Waals surface area (Å²) in [4.78, 5) is 27.6. The van der Waals surface area contributed by atoms with Gasteiger partial charge in [-0.25, -0.2) is 9.78 Å². The molecule has 0 unspecified atom stereocenters. The molecular formula is C13H17BrN2O3. The van der Waals surface area contributed by atoms with Crippen molar-refractivity contribution in [3.63, 3.8) is 0 Å². The Bertz CT molecular complexity index is 483. The lowest BCUT2D eigenvalue weighted by molar-refractivity contribution is -0.156. The van der Waals surface area contributed by atoms with Gasteiger partial charge in [-0.2, -0.15) is 0 Å². The smallest absolute Gasteiger partial charge is 0.328 e. The summed E-state index contributed by atoms with van der Waals surface area (Å²) in [6.07, 6.45) is 1.51. The summed E-state index contributed by atoms with van der Waals surface area (Å²) in [5.41, 5.74) is -0.146. The minimum absolute atomic E-state index is 0.346. The number of esters is 1. The third-order valence-corrected chi connectivity index (χ3v) is 2.53. The molecule has 1 amide bonds. The van der Waals surface area contributed by atoms with E-state index in [1.165, 1.54) is 6.20 Å². The van der Waals surface area contributed by atoms with Crippen LogP contribution in [0.15, 0.2) is 22.9 Å². The molecule has 1 aromatic rings. The molecule has 1 rings (SSSR count). The van der Waals surface area contributed by atoms with Gasteiger partial charge in [0.25, 0.3) is 5.91 Å². The fraction of sp³-hybridized carbons (Fsp3) is 0.462. The Morgan fingerprint density at radius 2 is 2.05 bits per heavy atom. The summed E-state index contributed by atoms with van der Waals surface area (Å²) in [5, 5.41) is 2.58. The van der Waals surface area contributed by atoms with Crippen molar-refractivity contribution in [3.05, 3.63) is 28.5 Å². The van der Waals surface area contributed by atoms with Gasteiger partial charge in [0.1, 0.15) is 16.2 Å². The highest BCUT2D eigenvalue weighted by molar-refractivity contribution is 9.10. The van der Waals surface area contributed by atoms with Crippen molar-refractivity contribution in [2.24, 2.45) is 0 Å². The van der Waals surface area contributed by atoms with Crippen molar-refractivity contribution >= 4 is 27.8 Å². The van der Waals surface area contributed by atoms with Crippen LogP contribution in [0.25, 0.3) is 0 Å². The molecule has 1 atom stereocenters. The Balaban J connectivity index is 2.64. The van der Waals surface area contributed by atoms with Gasteiger partial charge in [0.2, 0.25) is 0 Å². The lowest BCUT2D eigenvalue weighted by Gasteiger charge is -2.22. The highest BCUT2D eigenvalue weighted by Gasteiger charge is 2.23. The van der Waals surface area contributed by atoms with E-state index in [9.17, 15) is 9.59 Å². The third kappa shape index (κ3) is 5.38. The zero-order valence-electron chi connectivity index (χ0n) is 11.4. The number of carbonyl (C=O) groups excluding carboxylic acids is 2. The first-order valence-electron chi connectivity index (χ1n) is 5.84. The Hall–Kier alpha value is -1.43. The topological polar surface area (TPSA) is 68.3 Å². The molecule has 0 fully saturated rings. The molecule has 0 spiro atoms. The maximum atomic E-state index is 11.9. The molecule has 6 heteroatoms. The molecule has 0 aromatic carbocycles. The summed E-state index contributed by atoms with van der Waals surface area (Å²) < 4.78 is 5.74. The van der Waals surface area contributed by atoms with Crippen molar-refractivity contribution < 1.29 is 14.3 Å². The average Bonchev–Trinajstić information content (AvgIpc) is 2.26. The number of nitrogens with one attached hydrogen (secondary N) is 1. The molecule has 5 nitrogen and oxygen atoms in total. The lowest BCUT2D eigenvalue weighted by Crippen LogP contribution is -2.42. The molecule has 0 aliphatic rings. The van der Waals surface area contributed by atoms with Crippen LogP contribution in [0.1, 0.15) is 38.1 Å². The van der Waals surface area contributed by atoms with Crippen molar-refractivity contribution in [3.8, 4) is 0 Å². The molecule has 0 radical (unpaired) electrons. The Morgan fingerprint density at radius 3 is 2.58 bits per heavy atom. The summed E-state index contributed by atoms with van der Waals surface area (Å²) >= 11 is 3.18. The van der Waals surface area contributed by atoms with E-state index in [0.717, 1.165) is 0 Å².